The minimum atomic E-state index is -0.0425. The van der Waals surface area contributed by atoms with Crippen LogP contribution in [0.15, 0.2) is 22.7 Å². The Morgan fingerprint density at radius 1 is 1.56 bits per heavy atom. The molecule has 0 aromatic heterocycles. The Kier molecular flexibility index (Phi) is 3.93. The molecule has 1 aromatic rings. The number of benzene rings is 1. The van der Waals surface area contributed by atoms with Gasteiger partial charge in [0.1, 0.15) is 0 Å². The van der Waals surface area contributed by atoms with Crippen LogP contribution >= 0.6 is 15.9 Å². The molecule has 0 radical (unpaired) electrons. The van der Waals surface area contributed by atoms with Crippen LogP contribution in [0.25, 0.3) is 0 Å². The van der Waals surface area contributed by atoms with E-state index < -0.39 is 0 Å². The summed E-state index contributed by atoms with van der Waals surface area (Å²) in [6, 6.07) is 5.23. The lowest BCUT2D eigenvalue weighted by molar-refractivity contribution is 0.0770. The highest BCUT2D eigenvalue weighted by Gasteiger charge is 2.26. The lowest BCUT2D eigenvalue weighted by atomic mass is 10.1. The van der Waals surface area contributed by atoms with Crippen LogP contribution in [0.4, 0.5) is 5.69 Å². The Bertz CT molecular complexity index is 503. The van der Waals surface area contributed by atoms with Crippen LogP contribution in [-0.4, -0.2) is 23.9 Å². The molecule has 3 nitrogen and oxygen atoms in total. The number of nitrogens with two attached hydrogens (primary N) is 1. The summed E-state index contributed by atoms with van der Waals surface area (Å²) in [6.07, 6.45) is 7.70. The number of terminal acetylenes is 1. The Morgan fingerprint density at radius 3 is 2.83 bits per heavy atom. The summed E-state index contributed by atoms with van der Waals surface area (Å²) in [5.74, 6) is 3.12. The molecule has 18 heavy (non-hydrogen) atoms. The molecule has 2 N–H and O–H groups in total. The lowest BCUT2D eigenvalue weighted by Gasteiger charge is -2.20. The van der Waals surface area contributed by atoms with Crippen molar-refractivity contribution >= 4 is 27.5 Å². The molecule has 1 aliphatic rings. The number of rotatable bonds is 4. The fourth-order valence-corrected chi connectivity index (χ4v) is 2.05. The third kappa shape index (κ3) is 3.05. The predicted octanol–water partition coefficient (Wildman–Crippen LogP) is 2.52. The van der Waals surface area contributed by atoms with Crippen LogP contribution in [0, 0.1) is 18.3 Å². The molecule has 0 atom stereocenters. The molecule has 0 heterocycles. The first kappa shape index (κ1) is 13.0. The molecule has 0 bridgehead atoms. The summed E-state index contributed by atoms with van der Waals surface area (Å²) in [5.41, 5.74) is 6.94. The molecule has 1 aromatic carbocycles. The zero-order valence-electron chi connectivity index (χ0n) is 10.0. The van der Waals surface area contributed by atoms with Crippen LogP contribution in [-0.2, 0) is 0 Å². The highest BCUT2D eigenvalue weighted by atomic mass is 79.9. The average molecular weight is 307 g/mol. The molecule has 0 spiro atoms. The molecular weight excluding hydrogens is 292 g/mol. The highest BCUT2D eigenvalue weighted by Crippen LogP contribution is 2.30. The highest BCUT2D eigenvalue weighted by molar-refractivity contribution is 9.10. The van der Waals surface area contributed by atoms with E-state index in [4.69, 9.17) is 12.2 Å². The van der Waals surface area contributed by atoms with Crippen molar-refractivity contribution in [1.29, 1.82) is 0 Å². The summed E-state index contributed by atoms with van der Waals surface area (Å²) in [5, 5.41) is 0. The van der Waals surface area contributed by atoms with Gasteiger partial charge in [0.05, 0.1) is 6.54 Å². The van der Waals surface area contributed by atoms with Gasteiger partial charge in [-0.05, 0) is 52.9 Å². The maximum absolute atomic E-state index is 12.3. The van der Waals surface area contributed by atoms with Gasteiger partial charge in [-0.1, -0.05) is 5.92 Å². The van der Waals surface area contributed by atoms with E-state index >= 15 is 0 Å². The van der Waals surface area contributed by atoms with E-state index in [-0.39, 0.29) is 5.91 Å². The predicted molar refractivity (Wildman–Crippen MR) is 76.0 cm³/mol. The molecule has 2 rings (SSSR count). The van der Waals surface area contributed by atoms with E-state index in [1.54, 1.807) is 23.1 Å². The van der Waals surface area contributed by atoms with Gasteiger partial charge in [0.15, 0.2) is 0 Å². The summed E-state index contributed by atoms with van der Waals surface area (Å²) < 4.78 is 0.796. The van der Waals surface area contributed by atoms with E-state index in [2.05, 4.69) is 21.9 Å². The second-order valence-corrected chi connectivity index (χ2v) is 5.42. The first-order valence-electron chi connectivity index (χ1n) is 5.89. The number of carbonyl (C=O) groups is 1. The maximum Gasteiger partial charge on any atom is 0.254 e. The minimum absolute atomic E-state index is 0.0425. The molecule has 0 saturated heterocycles. The third-order valence-corrected chi connectivity index (χ3v) is 3.71. The number of nitrogens with zero attached hydrogens (tertiary/aromatic N) is 1. The van der Waals surface area contributed by atoms with Gasteiger partial charge < -0.3 is 10.6 Å². The number of hydrogen-bond acceptors (Lipinski definition) is 2. The van der Waals surface area contributed by atoms with Gasteiger partial charge in [-0.3, -0.25) is 4.79 Å². The number of anilines is 1. The molecule has 1 aliphatic carbocycles. The lowest BCUT2D eigenvalue weighted by Crippen LogP contribution is -2.33. The summed E-state index contributed by atoms with van der Waals surface area (Å²) in [4.78, 5) is 14.0. The summed E-state index contributed by atoms with van der Waals surface area (Å²) >= 11 is 3.31. The maximum atomic E-state index is 12.3. The molecule has 1 amide bonds. The zero-order chi connectivity index (χ0) is 13.1. The average Bonchev–Trinajstić information content (AvgIpc) is 3.15. The van der Waals surface area contributed by atoms with Crippen molar-refractivity contribution in [2.45, 2.75) is 12.8 Å². The molecule has 0 unspecified atom stereocenters. The third-order valence-electron chi connectivity index (χ3n) is 2.99. The van der Waals surface area contributed by atoms with Gasteiger partial charge >= 0.3 is 0 Å². The van der Waals surface area contributed by atoms with E-state index in [9.17, 15) is 4.79 Å². The van der Waals surface area contributed by atoms with E-state index in [0.29, 0.717) is 23.7 Å². The second kappa shape index (κ2) is 5.45. The molecule has 94 valence electrons. The Balaban J connectivity index is 2.15. The molecular formula is C14H15BrN2O. The van der Waals surface area contributed by atoms with Crippen molar-refractivity contribution in [2.24, 2.45) is 5.92 Å². The van der Waals surface area contributed by atoms with Crippen molar-refractivity contribution in [1.82, 2.24) is 4.90 Å². The van der Waals surface area contributed by atoms with E-state index in [1.807, 2.05) is 0 Å². The fraction of sp³-hybridized carbons (Fsp3) is 0.357. The molecule has 4 heteroatoms. The van der Waals surface area contributed by atoms with Crippen molar-refractivity contribution in [3.8, 4) is 12.3 Å². The molecule has 1 fully saturated rings. The standard InChI is InChI=1S/C14H15BrN2O/c1-2-7-17(9-10-3-4-10)14(18)11-5-6-12(15)13(16)8-11/h1,5-6,8,10H,3-4,7,9,16H2. The van der Waals surface area contributed by atoms with Gasteiger partial charge in [0.2, 0.25) is 0 Å². The number of hydrogen-bond donors (Lipinski definition) is 1. The van der Waals surface area contributed by atoms with Crippen molar-refractivity contribution < 1.29 is 4.79 Å². The summed E-state index contributed by atoms with van der Waals surface area (Å²) in [7, 11) is 0. The van der Waals surface area contributed by atoms with Gasteiger partial charge in [-0.15, -0.1) is 6.42 Å². The van der Waals surface area contributed by atoms with Crippen molar-refractivity contribution in [3.05, 3.63) is 28.2 Å². The number of carbonyl (C=O) groups excluding carboxylic acids is 1. The summed E-state index contributed by atoms with van der Waals surface area (Å²) in [6.45, 7) is 1.10. The first-order chi connectivity index (χ1) is 8.61. The van der Waals surface area contributed by atoms with Gasteiger partial charge in [-0.2, -0.15) is 0 Å². The Morgan fingerprint density at radius 2 is 2.28 bits per heavy atom. The van der Waals surface area contributed by atoms with Crippen LogP contribution in [0.1, 0.15) is 23.2 Å². The zero-order valence-corrected chi connectivity index (χ0v) is 11.6. The largest absolute Gasteiger partial charge is 0.398 e. The van der Waals surface area contributed by atoms with Crippen LogP contribution in [0.5, 0.6) is 0 Å². The Labute approximate surface area is 115 Å². The number of halogens is 1. The normalized spacial score (nSPS) is 14.0. The van der Waals surface area contributed by atoms with Crippen LogP contribution in [0.3, 0.4) is 0 Å². The molecule has 1 saturated carbocycles. The monoisotopic (exact) mass is 306 g/mol. The van der Waals surface area contributed by atoms with E-state index in [1.165, 1.54) is 12.8 Å². The Hall–Kier alpha value is -1.47. The van der Waals surface area contributed by atoms with Crippen LogP contribution in [0.2, 0.25) is 0 Å². The minimum Gasteiger partial charge on any atom is -0.398 e. The molecule has 0 aliphatic heterocycles. The fourth-order valence-electron chi connectivity index (χ4n) is 1.80. The number of amides is 1. The van der Waals surface area contributed by atoms with E-state index in [0.717, 1.165) is 11.0 Å². The van der Waals surface area contributed by atoms with Gasteiger partial charge in [0, 0.05) is 22.3 Å². The SMILES string of the molecule is C#CCN(CC1CC1)C(=O)c1ccc(Br)c(N)c1. The topological polar surface area (TPSA) is 46.3 Å². The van der Waals surface area contributed by atoms with Gasteiger partial charge in [0.25, 0.3) is 5.91 Å². The van der Waals surface area contributed by atoms with Gasteiger partial charge in [-0.25, -0.2) is 0 Å². The second-order valence-electron chi connectivity index (χ2n) is 4.57. The van der Waals surface area contributed by atoms with Crippen LogP contribution < -0.4 is 5.73 Å². The van der Waals surface area contributed by atoms with Crippen molar-refractivity contribution in [3.63, 3.8) is 0 Å². The smallest absolute Gasteiger partial charge is 0.254 e. The first-order valence-corrected chi connectivity index (χ1v) is 6.69. The number of nitrogen functional groups attached to an aromatic ring is 1. The van der Waals surface area contributed by atoms with Crippen molar-refractivity contribution in [2.75, 3.05) is 18.8 Å². The quantitative estimate of drug-likeness (QED) is 0.686.